The number of fused-ring (bicyclic) bond motifs is 15. The van der Waals surface area contributed by atoms with E-state index in [9.17, 15) is 0 Å². The molecule has 0 saturated heterocycles. The van der Waals surface area contributed by atoms with Crippen LogP contribution in [0.1, 0.15) is 79.0 Å². The lowest BCUT2D eigenvalue weighted by Crippen LogP contribution is -2.15. The third kappa shape index (κ3) is 6.38. The lowest BCUT2D eigenvalue weighted by atomic mass is 9.84. The summed E-state index contributed by atoms with van der Waals surface area (Å²) in [5, 5.41) is 12.4. The Balaban J connectivity index is 1.22. The van der Waals surface area contributed by atoms with Crippen molar-refractivity contribution < 1.29 is 0 Å². The van der Waals surface area contributed by atoms with Crippen LogP contribution in [-0.2, 0) is 16.2 Å². The van der Waals surface area contributed by atoms with E-state index in [2.05, 4.69) is 275 Å². The number of pyridine rings is 1. The molecule has 74 heavy (non-hydrogen) atoms. The Morgan fingerprint density at radius 3 is 1.22 bits per heavy atom. The Morgan fingerprint density at radius 2 is 0.730 bits per heavy atom. The number of hydrogen-bond donors (Lipinski definition) is 0. The Morgan fingerprint density at radius 1 is 0.338 bits per heavy atom. The molecule has 0 unspecified atom stereocenters. The number of nitrogens with zero attached hydrogens (tertiary/aromatic N) is 5. The lowest BCUT2D eigenvalue weighted by Gasteiger charge is -2.29. The fourth-order valence-electron chi connectivity index (χ4n) is 12.2. The van der Waals surface area contributed by atoms with Crippen LogP contribution in [0.2, 0.25) is 0 Å². The molecule has 0 bridgehead atoms. The molecule has 0 aliphatic rings. The topological polar surface area (TPSA) is 28.2 Å². The Labute approximate surface area is 432 Å². The number of aromatic nitrogens is 3. The molecule has 360 valence electrons. The van der Waals surface area contributed by atoms with Gasteiger partial charge in [-0.25, -0.2) is 4.98 Å². The van der Waals surface area contributed by atoms with Crippen molar-refractivity contribution in [1.29, 1.82) is 0 Å². The molecule has 0 radical (unpaired) electrons. The maximum atomic E-state index is 5.79. The highest BCUT2D eigenvalue weighted by Gasteiger charge is 2.33. The van der Waals surface area contributed by atoms with Gasteiger partial charge in [-0.2, -0.15) is 0 Å². The highest BCUT2D eigenvalue weighted by molar-refractivity contribution is 6.39. The molecule has 0 N–H and O–H groups in total. The normalized spacial score (nSPS) is 12.9. The maximum absolute atomic E-state index is 5.79. The summed E-state index contributed by atoms with van der Waals surface area (Å²) in [6, 6.07) is 69.9. The van der Waals surface area contributed by atoms with E-state index in [1.807, 2.05) is 0 Å². The largest absolute Gasteiger partial charge is 0.308 e. The molecule has 0 aliphatic heterocycles. The first kappa shape index (κ1) is 44.3. The SMILES string of the molecule is CC(C)(C)c1cc(N(c2ccccc2)c2ccccc2)c2c(c1)c1c3ccccc3cc3c4c5c6cc(C(C)(C)C)cc7c8cc(C(C)(C)C)cc(N(c9ccccc9)c9ccccc9)c8n(c5ncc4n2c31)c76. The molecule has 14 rings (SSSR count). The minimum Gasteiger partial charge on any atom is -0.308 e. The van der Waals surface area contributed by atoms with Gasteiger partial charge in [-0.3, -0.25) is 4.40 Å². The van der Waals surface area contributed by atoms with Crippen molar-refractivity contribution in [1.82, 2.24) is 13.8 Å². The summed E-state index contributed by atoms with van der Waals surface area (Å²) in [7, 11) is 0. The minimum absolute atomic E-state index is 0.122. The number of benzene rings is 9. The monoisotopic (exact) mass is 957 g/mol. The number of rotatable bonds is 6. The van der Waals surface area contributed by atoms with E-state index in [1.54, 1.807) is 0 Å². The highest BCUT2D eigenvalue weighted by atomic mass is 15.2. The second-order valence-electron chi connectivity index (χ2n) is 23.7. The molecule has 9 aromatic carbocycles. The quantitative estimate of drug-likeness (QED) is 0.166. The van der Waals surface area contributed by atoms with Crippen LogP contribution in [0.5, 0.6) is 0 Å². The molecular formula is C69H59N5. The summed E-state index contributed by atoms with van der Waals surface area (Å²) in [5.74, 6) is 0. The predicted octanol–water partition coefficient (Wildman–Crippen LogP) is 19.4. The Hall–Kier alpha value is -8.41. The zero-order chi connectivity index (χ0) is 50.6. The zero-order valence-electron chi connectivity index (χ0n) is 43.7. The lowest BCUT2D eigenvalue weighted by molar-refractivity contribution is 0.591. The third-order valence-electron chi connectivity index (χ3n) is 15.9. The fraction of sp³-hybridized carbons (Fsp3) is 0.174. The molecule has 0 spiro atoms. The van der Waals surface area contributed by atoms with Crippen molar-refractivity contribution in [2.24, 2.45) is 0 Å². The van der Waals surface area contributed by atoms with Crippen molar-refractivity contribution in [2.75, 3.05) is 9.80 Å². The summed E-state index contributed by atoms with van der Waals surface area (Å²) in [5.41, 5.74) is 17.1. The van der Waals surface area contributed by atoms with Gasteiger partial charge in [-0.1, -0.05) is 159 Å². The third-order valence-corrected chi connectivity index (χ3v) is 15.9. The molecule has 0 atom stereocenters. The number of anilines is 6. The van der Waals surface area contributed by atoms with Gasteiger partial charge in [-0.05, 0) is 135 Å². The van der Waals surface area contributed by atoms with Crippen LogP contribution >= 0.6 is 0 Å². The van der Waals surface area contributed by atoms with Crippen molar-refractivity contribution in [3.63, 3.8) is 0 Å². The minimum atomic E-state index is -0.131. The second-order valence-corrected chi connectivity index (χ2v) is 23.7. The first-order chi connectivity index (χ1) is 35.6. The van der Waals surface area contributed by atoms with Gasteiger partial charge in [0.2, 0.25) is 0 Å². The number of hydrogen-bond acceptors (Lipinski definition) is 3. The van der Waals surface area contributed by atoms with Crippen molar-refractivity contribution in [3.05, 3.63) is 211 Å². The Bertz CT molecular complexity index is 4430. The van der Waals surface area contributed by atoms with Gasteiger partial charge in [0, 0.05) is 65.8 Å². The Kier molecular flexibility index (Phi) is 9.31. The van der Waals surface area contributed by atoms with Crippen molar-refractivity contribution in [3.8, 4) is 0 Å². The van der Waals surface area contributed by atoms with Gasteiger partial charge in [-0.15, -0.1) is 0 Å². The predicted molar refractivity (Wildman–Crippen MR) is 317 cm³/mol. The van der Waals surface area contributed by atoms with Gasteiger partial charge in [0.05, 0.1) is 45.2 Å². The molecule has 5 aromatic heterocycles. The van der Waals surface area contributed by atoms with Gasteiger partial charge in [0.25, 0.3) is 0 Å². The summed E-state index contributed by atoms with van der Waals surface area (Å²) in [6.45, 7) is 21.1. The molecule has 5 heterocycles. The van der Waals surface area contributed by atoms with Crippen LogP contribution in [0.25, 0.3) is 87.1 Å². The van der Waals surface area contributed by atoms with E-state index >= 15 is 0 Å². The molecule has 0 aliphatic carbocycles. The average molecular weight is 958 g/mol. The van der Waals surface area contributed by atoms with E-state index in [0.717, 1.165) is 50.8 Å². The van der Waals surface area contributed by atoms with Gasteiger partial charge in [0.1, 0.15) is 5.65 Å². The van der Waals surface area contributed by atoms with Crippen LogP contribution < -0.4 is 9.80 Å². The van der Waals surface area contributed by atoms with E-state index in [-0.39, 0.29) is 16.2 Å². The van der Waals surface area contributed by atoms with E-state index < -0.39 is 0 Å². The maximum Gasteiger partial charge on any atom is 0.146 e. The van der Waals surface area contributed by atoms with E-state index in [1.165, 1.54) is 87.1 Å². The zero-order valence-corrected chi connectivity index (χ0v) is 43.7. The number of para-hydroxylation sites is 4. The van der Waals surface area contributed by atoms with Gasteiger partial charge in [0.15, 0.2) is 0 Å². The molecule has 0 fully saturated rings. The van der Waals surface area contributed by atoms with Crippen molar-refractivity contribution >= 4 is 121 Å². The average Bonchev–Trinajstić information content (AvgIpc) is 4.17. The first-order valence-electron chi connectivity index (χ1n) is 26.2. The van der Waals surface area contributed by atoms with Gasteiger partial charge >= 0.3 is 0 Å². The molecule has 5 heteroatoms. The fourth-order valence-corrected chi connectivity index (χ4v) is 12.2. The van der Waals surface area contributed by atoms with E-state index in [4.69, 9.17) is 4.98 Å². The van der Waals surface area contributed by atoms with Crippen LogP contribution in [0.15, 0.2) is 194 Å². The second kappa shape index (κ2) is 15.6. The first-order valence-corrected chi connectivity index (χ1v) is 26.2. The molecule has 0 saturated carbocycles. The molecule has 5 nitrogen and oxygen atoms in total. The molecular weight excluding hydrogens is 899 g/mol. The standard InChI is InChI=1S/C69H59N5/c1-67(2,3)43-35-51-52-36-44(68(4,5)6)39-56(71(46-25-14-10-15-26-46)47-27-16-11-17-28-47)63(52)74-62(51)55(37-43)61-60-53-34-42-24-22-23-33-50(42)59-54-38-45(69(7,8)9)40-57(64(54)73(65(53)59)58(60)41-70-66(61)74)72(48-29-18-12-19-30-48)49-31-20-13-21-32-49/h10-41H,1-9H3. The summed E-state index contributed by atoms with van der Waals surface area (Å²) in [6.07, 6.45) is 2.19. The van der Waals surface area contributed by atoms with Crippen molar-refractivity contribution in [2.45, 2.75) is 78.6 Å². The highest BCUT2D eigenvalue weighted by Crippen LogP contribution is 2.54. The summed E-state index contributed by atoms with van der Waals surface area (Å²) < 4.78 is 5.11. The molecule has 14 aromatic rings. The van der Waals surface area contributed by atoms with Crippen LogP contribution in [0, 0.1) is 0 Å². The van der Waals surface area contributed by atoms with Crippen LogP contribution in [-0.4, -0.2) is 13.8 Å². The summed E-state index contributed by atoms with van der Waals surface area (Å²) in [4.78, 5) is 10.7. The van der Waals surface area contributed by atoms with Gasteiger partial charge < -0.3 is 14.2 Å². The molecule has 0 amide bonds. The smallest absolute Gasteiger partial charge is 0.146 e. The van der Waals surface area contributed by atoms with E-state index in [0.29, 0.717) is 0 Å². The van der Waals surface area contributed by atoms with Crippen LogP contribution in [0.3, 0.4) is 0 Å². The summed E-state index contributed by atoms with van der Waals surface area (Å²) >= 11 is 0. The van der Waals surface area contributed by atoms with Crippen LogP contribution in [0.4, 0.5) is 34.1 Å².